The smallest absolute Gasteiger partial charge is 0.409 e. The van der Waals surface area contributed by atoms with Crippen LogP contribution in [-0.2, 0) is 10.3 Å². The maximum atomic E-state index is 13.2. The van der Waals surface area contributed by atoms with Gasteiger partial charge in [0.15, 0.2) is 0 Å². The van der Waals surface area contributed by atoms with Gasteiger partial charge in [0, 0.05) is 36.6 Å². The minimum Gasteiger partial charge on any atom is -0.448 e. The van der Waals surface area contributed by atoms with Crippen molar-refractivity contribution in [1.82, 2.24) is 9.80 Å². The molecular formula is C30H30N2O2. The zero-order valence-electron chi connectivity index (χ0n) is 19.7. The van der Waals surface area contributed by atoms with Crippen molar-refractivity contribution >= 4 is 6.09 Å². The minimum atomic E-state index is -0.210. The second-order valence-electron chi connectivity index (χ2n) is 10.1. The highest BCUT2D eigenvalue weighted by Crippen LogP contribution is 2.44. The summed E-state index contributed by atoms with van der Waals surface area (Å²) in [5.41, 5.74) is 6.16. The zero-order valence-corrected chi connectivity index (χ0v) is 19.7. The van der Waals surface area contributed by atoms with Gasteiger partial charge in [0.2, 0.25) is 0 Å². The number of hydrogen-bond acceptors (Lipinski definition) is 3. The topological polar surface area (TPSA) is 32.8 Å². The van der Waals surface area contributed by atoms with Crippen LogP contribution in [0.15, 0.2) is 91.0 Å². The molecule has 0 aromatic heterocycles. The number of nitrogens with zero attached hydrogens (tertiary/aromatic N) is 2. The van der Waals surface area contributed by atoms with E-state index in [1.807, 2.05) is 4.90 Å². The van der Waals surface area contributed by atoms with Gasteiger partial charge >= 0.3 is 6.09 Å². The van der Waals surface area contributed by atoms with Crippen LogP contribution in [-0.4, -0.2) is 47.7 Å². The van der Waals surface area contributed by atoms with E-state index in [-0.39, 0.29) is 29.6 Å². The van der Waals surface area contributed by atoms with Crippen LogP contribution in [0.4, 0.5) is 4.79 Å². The Balaban J connectivity index is 1.15. The summed E-state index contributed by atoms with van der Waals surface area (Å²) in [5, 5.41) is 0. The van der Waals surface area contributed by atoms with E-state index in [0.717, 1.165) is 0 Å². The second-order valence-corrected chi connectivity index (χ2v) is 10.1. The monoisotopic (exact) mass is 450 g/mol. The minimum absolute atomic E-state index is 0.0875. The first-order valence-electron chi connectivity index (χ1n) is 12.2. The summed E-state index contributed by atoms with van der Waals surface area (Å²) in [5.74, 6) is 0.0875. The van der Waals surface area contributed by atoms with E-state index >= 15 is 0 Å². The van der Waals surface area contributed by atoms with Gasteiger partial charge in [-0.1, -0.05) is 91.0 Å². The third-order valence-corrected chi connectivity index (χ3v) is 7.80. The number of piperazine rings is 1. The second kappa shape index (κ2) is 8.14. The average molecular weight is 451 g/mol. The Bertz CT molecular complexity index is 1190. The SMILES string of the molecule is CC(C)(c1ccccc1)N1C2C=CC1CN(C(=O)OCC1c3ccccc3-c3ccccc31)C2. The summed E-state index contributed by atoms with van der Waals surface area (Å²) < 4.78 is 5.95. The molecule has 2 heterocycles. The third kappa shape index (κ3) is 3.36. The summed E-state index contributed by atoms with van der Waals surface area (Å²) in [4.78, 5) is 17.6. The zero-order chi connectivity index (χ0) is 23.3. The molecule has 2 aliphatic heterocycles. The number of rotatable bonds is 4. The van der Waals surface area contributed by atoms with Gasteiger partial charge in [-0.25, -0.2) is 4.79 Å². The van der Waals surface area contributed by atoms with Crippen LogP contribution in [0.25, 0.3) is 11.1 Å². The van der Waals surface area contributed by atoms with Crippen molar-refractivity contribution in [3.8, 4) is 11.1 Å². The van der Waals surface area contributed by atoms with Crippen molar-refractivity contribution in [2.75, 3.05) is 19.7 Å². The summed E-state index contributed by atoms with van der Waals surface area (Å²) in [7, 11) is 0. The van der Waals surface area contributed by atoms with Gasteiger partial charge in [-0.2, -0.15) is 0 Å². The lowest BCUT2D eigenvalue weighted by molar-refractivity contribution is -0.00127. The molecule has 4 nitrogen and oxygen atoms in total. The molecule has 0 N–H and O–H groups in total. The van der Waals surface area contributed by atoms with Crippen molar-refractivity contribution in [2.24, 2.45) is 0 Å². The first-order valence-corrected chi connectivity index (χ1v) is 12.2. The fraction of sp³-hybridized carbons (Fsp3) is 0.300. The van der Waals surface area contributed by atoms with Gasteiger partial charge in [0.1, 0.15) is 6.61 Å². The summed E-state index contributed by atoms with van der Waals surface area (Å²) in [6.45, 7) is 6.22. The van der Waals surface area contributed by atoms with E-state index in [2.05, 4.69) is 110 Å². The van der Waals surface area contributed by atoms with Gasteiger partial charge in [-0.15, -0.1) is 0 Å². The van der Waals surface area contributed by atoms with Crippen molar-refractivity contribution in [2.45, 2.75) is 37.4 Å². The Morgan fingerprint density at radius 2 is 1.35 bits per heavy atom. The van der Waals surface area contributed by atoms with Crippen LogP contribution >= 0.6 is 0 Å². The molecule has 34 heavy (non-hydrogen) atoms. The Morgan fingerprint density at radius 3 is 1.94 bits per heavy atom. The Kier molecular flexibility index (Phi) is 5.07. The highest BCUT2D eigenvalue weighted by atomic mass is 16.6. The van der Waals surface area contributed by atoms with Crippen LogP contribution in [0, 0.1) is 0 Å². The third-order valence-electron chi connectivity index (χ3n) is 7.80. The first kappa shape index (κ1) is 21.2. The maximum Gasteiger partial charge on any atom is 0.409 e. The quantitative estimate of drug-likeness (QED) is 0.471. The van der Waals surface area contributed by atoms with Gasteiger partial charge in [0.25, 0.3) is 0 Å². The van der Waals surface area contributed by atoms with Crippen molar-refractivity contribution in [3.05, 3.63) is 108 Å². The number of amides is 1. The van der Waals surface area contributed by atoms with Gasteiger partial charge in [-0.3, -0.25) is 4.90 Å². The van der Waals surface area contributed by atoms with Gasteiger partial charge in [0.05, 0.1) is 0 Å². The molecule has 1 fully saturated rings. The molecule has 2 unspecified atom stereocenters. The number of benzene rings is 3. The van der Waals surface area contributed by atoms with Crippen LogP contribution in [0.1, 0.15) is 36.5 Å². The highest BCUT2D eigenvalue weighted by molar-refractivity contribution is 5.79. The molecule has 2 bridgehead atoms. The molecule has 3 aliphatic rings. The number of carbonyl (C=O) groups is 1. The molecule has 0 radical (unpaired) electrons. The summed E-state index contributed by atoms with van der Waals surface area (Å²) in [6.07, 6.45) is 4.30. The normalized spacial score (nSPS) is 21.4. The fourth-order valence-corrected chi connectivity index (χ4v) is 6.17. The van der Waals surface area contributed by atoms with Crippen LogP contribution in [0.5, 0.6) is 0 Å². The van der Waals surface area contributed by atoms with Crippen LogP contribution < -0.4 is 0 Å². The lowest BCUT2D eigenvalue weighted by Gasteiger charge is -2.49. The standard InChI is InChI=1S/C30H30N2O2/c1-30(2,21-10-4-3-5-11-21)32-22-16-17-23(32)19-31(18-22)29(33)34-20-28-26-14-8-6-12-24(26)25-13-7-9-15-27(25)28/h3-17,22-23,28H,18-20H2,1-2H3. The van der Waals surface area contributed by atoms with Gasteiger partial charge < -0.3 is 9.64 Å². The van der Waals surface area contributed by atoms with Crippen molar-refractivity contribution < 1.29 is 9.53 Å². The van der Waals surface area contributed by atoms with Crippen molar-refractivity contribution in [1.29, 1.82) is 0 Å². The maximum absolute atomic E-state index is 13.2. The predicted octanol–water partition coefficient (Wildman–Crippen LogP) is 5.80. The van der Waals surface area contributed by atoms with E-state index in [1.165, 1.54) is 27.8 Å². The highest BCUT2D eigenvalue weighted by Gasteiger charge is 2.45. The molecular weight excluding hydrogens is 420 g/mol. The first-order chi connectivity index (χ1) is 16.5. The lowest BCUT2D eigenvalue weighted by atomic mass is 9.89. The molecule has 6 rings (SSSR count). The number of hydrogen-bond donors (Lipinski definition) is 0. The molecule has 0 saturated carbocycles. The molecule has 3 aromatic rings. The predicted molar refractivity (Wildman–Crippen MR) is 135 cm³/mol. The summed E-state index contributed by atoms with van der Waals surface area (Å²) >= 11 is 0. The van der Waals surface area contributed by atoms with E-state index in [9.17, 15) is 4.79 Å². The Labute approximate surface area is 201 Å². The molecule has 1 amide bonds. The van der Waals surface area contributed by atoms with E-state index in [1.54, 1.807) is 0 Å². The molecule has 0 spiro atoms. The average Bonchev–Trinajstić information content (AvgIpc) is 3.34. The number of carbonyl (C=O) groups excluding carboxylic acids is 1. The largest absolute Gasteiger partial charge is 0.448 e. The molecule has 1 aliphatic carbocycles. The Hall–Kier alpha value is -3.37. The van der Waals surface area contributed by atoms with Crippen LogP contribution in [0.3, 0.4) is 0 Å². The van der Waals surface area contributed by atoms with Crippen LogP contribution in [0.2, 0.25) is 0 Å². The molecule has 4 heteroatoms. The van der Waals surface area contributed by atoms with Gasteiger partial charge in [-0.05, 0) is 41.7 Å². The molecule has 2 atom stereocenters. The molecule has 3 aromatic carbocycles. The number of ether oxygens (including phenoxy) is 1. The molecule has 172 valence electrons. The summed E-state index contributed by atoms with van der Waals surface area (Å²) in [6, 6.07) is 27.9. The van der Waals surface area contributed by atoms with Crippen molar-refractivity contribution in [3.63, 3.8) is 0 Å². The van der Waals surface area contributed by atoms with E-state index in [0.29, 0.717) is 19.7 Å². The fourth-order valence-electron chi connectivity index (χ4n) is 6.17. The lowest BCUT2D eigenvalue weighted by Crippen LogP contribution is -2.61. The van der Waals surface area contributed by atoms with E-state index < -0.39 is 0 Å². The van der Waals surface area contributed by atoms with E-state index in [4.69, 9.17) is 4.74 Å². The number of fused-ring (bicyclic) bond motifs is 5. The Morgan fingerprint density at radius 1 is 0.824 bits per heavy atom. The molecule has 1 saturated heterocycles.